The molecule has 3 aromatic carbocycles. The number of nitrogens with one attached hydrogen (secondary N) is 1. The number of anilines is 1. The molecule has 0 bridgehead atoms. The molecule has 0 unspecified atom stereocenters. The van der Waals surface area contributed by atoms with Crippen molar-refractivity contribution in [2.75, 3.05) is 26.1 Å². The van der Waals surface area contributed by atoms with Crippen LogP contribution in [0.3, 0.4) is 0 Å². The summed E-state index contributed by atoms with van der Waals surface area (Å²) < 4.78 is 22.7. The second kappa shape index (κ2) is 10.6. The Hall–Kier alpha value is -4.19. The van der Waals surface area contributed by atoms with Gasteiger partial charge in [-0.3, -0.25) is 4.79 Å². The summed E-state index contributed by atoms with van der Waals surface area (Å²) in [5.74, 6) is 1.75. The molecule has 0 saturated carbocycles. The van der Waals surface area contributed by atoms with Gasteiger partial charge in [0.05, 0.1) is 27.1 Å². The molecule has 186 valence electrons. The number of hydrogen-bond acceptors (Lipinski definition) is 5. The van der Waals surface area contributed by atoms with Gasteiger partial charge in [-0.15, -0.1) is 0 Å². The number of aryl methyl sites for hydroxylation is 1. The third kappa shape index (κ3) is 4.93. The predicted octanol–water partition coefficient (Wildman–Crippen LogP) is 7.17. The average Bonchev–Trinajstić information content (AvgIpc) is 3.28. The Morgan fingerprint density at radius 2 is 1.78 bits per heavy atom. The fourth-order valence-corrected chi connectivity index (χ4v) is 4.20. The summed E-state index contributed by atoms with van der Waals surface area (Å²) in [5, 5.41) is 3.90. The summed E-state index contributed by atoms with van der Waals surface area (Å²) in [7, 11) is 3.22. The normalized spacial score (nSPS) is 11.4. The van der Waals surface area contributed by atoms with Crippen LogP contribution in [0.25, 0.3) is 27.7 Å². The van der Waals surface area contributed by atoms with E-state index in [9.17, 15) is 4.79 Å². The van der Waals surface area contributed by atoms with Crippen molar-refractivity contribution < 1.29 is 23.4 Å². The van der Waals surface area contributed by atoms with E-state index in [1.54, 1.807) is 26.6 Å². The molecule has 36 heavy (non-hydrogen) atoms. The van der Waals surface area contributed by atoms with Crippen molar-refractivity contribution in [3.63, 3.8) is 0 Å². The van der Waals surface area contributed by atoms with E-state index in [1.807, 2.05) is 76.2 Å². The molecule has 0 aliphatic carbocycles. The monoisotopic (exact) mass is 485 g/mol. The van der Waals surface area contributed by atoms with Crippen molar-refractivity contribution >= 4 is 28.1 Å². The molecule has 0 fully saturated rings. The van der Waals surface area contributed by atoms with Crippen LogP contribution in [0, 0.1) is 13.8 Å². The molecule has 6 nitrogen and oxygen atoms in total. The largest absolute Gasteiger partial charge is 0.493 e. The lowest BCUT2D eigenvalue weighted by Crippen LogP contribution is -2.10. The summed E-state index contributed by atoms with van der Waals surface area (Å²) >= 11 is 0. The smallest absolute Gasteiger partial charge is 0.248 e. The van der Waals surface area contributed by atoms with Gasteiger partial charge in [0.25, 0.3) is 0 Å². The van der Waals surface area contributed by atoms with Crippen molar-refractivity contribution in [3.8, 4) is 28.4 Å². The molecule has 1 N–H and O–H groups in total. The molecule has 4 aromatic rings. The van der Waals surface area contributed by atoms with Crippen LogP contribution in [0.15, 0.2) is 65.3 Å². The van der Waals surface area contributed by atoms with Crippen LogP contribution in [0.2, 0.25) is 0 Å². The number of rotatable bonds is 8. The van der Waals surface area contributed by atoms with E-state index in [4.69, 9.17) is 18.6 Å². The summed E-state index contributed by atoms with van der Waals surface area (Å²) in [6.07, 6.45) is 3.32. The minimum atomic E-state index is -0.198. The van der Waals surface area contributed by atoms with E-state index < -0.39 is 0 Å². The highest BCUT2D eigenvalue weighted by Crippen LogP contribution is 2.40. The van der Waals surface area contributed by atoms with Gasteiger partial charge in [0.1, 0.15) is 11.3 Å². The molecule has 0 aliphatic rings. The molecule has 0 spiro atoms. The van der Waals surface area contributed by atoms with Gasteiger partial charge in [0.15, 0.2) is 11.5 Å². The molecule has 0 saturated heterocycles. The Kier molecular flexibility index (Phi) is 7.34. The molecule has 4 rings (SSSR count). The molecule has 0 radical (unpaired) electrons. The number of furan rings is 1. The number of allylic oxidation sites excluding steroid dienone is 1. The topological polar surface area (TPSA) is 69.9 Å². The Morgan fingerprint density at radius 3 is 2.50 bits per heavy atom. The molecule has 1 amide bonds. The van der Waals surface area contributed by atoms with E-state index in [2.05, 4.69) is 5.32 Å². The van der Waals surface area contributed by atoms with Crippen molar-refractivity contribution in [3.05, 3.63) is 77.6 Å². The third-order valence-corrected chi connectivity index (χ3v) is 6.31. The number of carbonyl (C=O) groups is 1. The maximum Gasteiger partial charge on any atom is 0.248 e. The van der Waals surface area contributed by atoms with Crippen LogP contribution in [0.1, 0.15) is 30.5 Å². The summed E-state index contributed by atoms with van der Waals surface area (Å²) in [6.45, 7) is 8.34. The second-order valence-corrected chi connectivity index (χ2v) is 8.56. The van der Waals surface area contributed by atoms with Gasteiger partial charge in [-0.05, 0) is 74.2 Å². The van der Waals surface area contributed by atoms with Crippen molar-refractivity contribution in [2.24, 2.45) is 0 Å². The Morgan fingerprint density at radius 1 is 1.00 bits per heavy atom. The first-order valence-corrected chi connectivity index (χ1v) is 11.8. The fraction of sp³-hybridized carbons (Fsp3) is 0.233. The average molecular weight is 486 g/mol. The van der Waals surface area contributed by atoms with Gasteiger partial charge < -0.3 is 23.9 Å². The zero-order valence-corrected chi connectivity index (χ0v) is 21.5. The highest BCUT2D eigenvalue weighted by molar-refractivity contribution is 6.05. The fourth-order valence-electron chi connectivity index (χ4n) is 4.20. The summed E-state index contributed by atoms with van der Waals surface area (Å²) in [4.78, 5) is 12.9. The number of carbonyl (C=O) groups excluding carboxylic acids is 1. The first-order chi connectivity index (χ1) is 17.4. The van der Waals surface area contributed by atoms with Crippen LogP contribution in [-0.4, -0.2) is 26.7 Å². The van der Waals surface area contributed by atoms with Crippen molar-refractivity contribution in [2.45, 2.75) is 27.7 Å². The molecular formula is C30H31NO5. The lowest BCUT2D eigenvalue weighted by molar-refractivity contribution is -0.111. The lowest BCUT2D eigenvalue weighted by Gasteiger charge is -2.13. The van der Waals surface area contributed by atoms with Crippen molar-refractivity contribution in [1.29, 1.82) is 0 Å². The van der Waals surface area contributed by atoms with Crippen LogP contribution < -0.4 is 19.5 Å². The summed E-state index contributed by atoms with van der Waals surface area (Å²) in [6, 6.07) is 15.5. The number of fused-ring (bicyclic) bond motifs is 1. The lowest BCUT2D eigenvalue weighted by atomic mass is 9.99. The highest BCUT2D eigenvalue weighted by atomic mass is 16.5. The first-order valence-electron chi connectivity index (χ1n) is 11.8. The zero-order valence-electron chi connectivity index (χ0n) is 21.5. The standard InChI is InChI=1S/C30H31NO5/c1-7-35-27-16-28-23(24(17-36-28)21-11-12-26(33-5)29(14-21)34-6)15-22(27)19(3)13-30(32)31-25-10-8-9-18(2)20(25)4/h8-17H,7H2,1-6H3,(H,31,32)/b19-13+. The quantitative estimate of drug-likeness (QED) is 0.268. The van der Waals surface area contributed by atoms with Crippen LogP contribution >= 0.6 is 0 Å². The third-order valence-electron chi connectivity index (χ3n) is 6.31. The Bertz CT molecular complexity index is 1450. The number of methoxy groups -OCH3 is 2. The zero-order chi connectivity index (χ0) is 25.8. The summed E-state index contributed by atoms with van der Waals surface area (Å²) in [5.41, 5.74) is 7.10. The van der Waals surface area contributed by atoms with Crippen LogP contribution in [0.5, 0.6) is 17.2 Å². The number of ether oxygens (including phenoxy) is 3. The van der Waals surface area contributed by atoms with Gasteiger partial charge in [0.2, 0.25) is 5.91 Å². The van der Waals surface area contributed by atoms with Gasteiger partial charge in [-0.25, -0.2) is 0 Å². The van der Waals surface area contributed by atoms with Gasteiger partial charge in [0, 0.05) is 34.3 Å². The molecule has 1 heterocycles. The van der Waals surface area contributed by atoms with Gasteiger partial charge in [-0.1, -0.05) is 18.2 Å². The van der Waals surface area contributed by atoms with E-state index in [1.165, 1.54) is 0 Å². The maximum atomic E-state index is 12.9. The van der Waals surface area contributed by atoms with E-state index >= 15 is 0 Å². The molecular weight excluding hydrogens is 454 g/mol. The van der Waals surface area contributed by atoms with Gasteiger partial charge in [-0.2, -0.15) is 0 Å². The molecule has 0 atom stereocenters. The first kappa shape index (κ1) is 24.9. The predicted molar refractivity (Wildman–Crippen MR) is 144 cm³/mol. The number of benzene rings is 3. The number of amides is 1. The van der Waals surface area contributed by atoms with E-state index in [0.717, 1.165) is 44.5 Å². The molecule has 0 aliphatic heterocycles. The van der Waals surface area contributed by atoms with Crippen molar-refractivity contribution in [1.82, 2.24) is 0 Å². The molecule has 1 aromatic heterocycles. The van der Waals surface area contributed by atoms with E-state index in [0.29, 0.717) is 29.4 Å². The SMILES string of the molecule is CCOc1cc2occ(-c3ccc(OC)c(OC)c3)c2cc1/C(C)=C/C(=O)Nc1cccc(C)c1C. The maximum absolute atomic E-state index is 12.9. The minimum Gasteiger partial charge on any atom is -0.493 e. The molecule has 6 heteroatoms. The Labute approximate surface area is 211 Å². The highest BCUT2D eigenvalue weighted by Gasteiger charge is 2.17. The minimum absolute atomic E-state index is 0.198. The number of hydrogen-bond donors (Lipinski definition) is 1. The second-order valence-electron chi connectivity index (χ2n) is 8.56. The Balaban J connectivity index is 1.75. The van der Waals surface area contributed by atoms with Crippen LogP contribution in [-0.2, 0) is 4.79 Å². The van der Waals surface area contributed by atoms with E-state index in [-0.39, 0.29) is 5.91 Å². The van der Waals surface area contributed by atoms with Crippen LogP contribution in [0.4, 0.5) is 5.69 Å². The van der Waals surface area contributed by atoms with Gasteiger partial charge >= 0.3 is 0 Å².